The summed E-state index contributed by atoms with van der Waals surface area (Å²) < 4.78 is 15.3. The van der Waals surface area contributed by atoms with E-state index in [0.717, 1.165) is 11.8 Å². The number of hydrogen-bond donors (Lipinski definition) is 3. The molecule has 0 bridgehead atoms. The molecule has 0 saturated carbocycles. The molecule has 3 N–H and O–H groups in total. The first-order valence-corrected chi connectivity index (χ1v) is 10.0. The first-order chi connectivity index (χ1) is 14.8. The molecule has 0 saturated heterocycles. The van der Waals surface area contributed by atoms with Crippen LogP contribution in [0.1, 0.15) is 26.5 Å². The molecule has 2 aromatic carbocycles. The van der Waals surface area contributed by atoms with E-state index in [1.807, 2.05) is 0 Å². The molecule has 2 amide bonds. The zero-order chi connectivity index (χ0) is 22.4. The Labute approximate surface area is 180 Å². The number of rotatable bonds is 8. The van der Waals surface area contributed by atoms with E-state index in [1.165, 1.54) is 42.5 Å². The lowest BCUT2D eigenvalue weighted by molar-refractivity contribution is -0.113. The molecule has 3 rings (SSSR count). The van der Waals surface area contributed by atoms with Crippen molar-refractivity contribution >= 4 is 35.2 Å². The summed E-state index contributed by atoms with van der Waals surface area (Å²) in [6.07, 6.45) is 0. The molecule has 0 aliphatic heterocycles. The molecule has 0 atom stereocenters. The zero-order valence-corrected chi connectivity index (χ0v) is 17.1. The van der Waals surface area contributed by atoms with Gasteiger partial charge in [-0.2, -0.15) is 0 Å². The lowest BCUT2D eigenvalue weighted by Crippen LogP contribution is -2.25. The van der Waals surface area contributed by atoms with Crippen molar-refractivity contribution in [1.82, 2.24) is 20.1 Å². The van der Waals surface area contributed by atoms with Crippen LogP contribution in [0.4, 0.5) is 10.1 Å². The van der Waals surface area contributed by atoms with Crippen molar-refractivity contribution in [2.24, 2.45) is 7.05 Å². The summed E-state index contributed by atoms with van der Waals surface area (Å²) in [6, 6.07) is 11.5. The Morgan fingerprint density at radius 1 is 1.10 bits per heavy atom. The smallest absolute Gasteiger partial charge is 0.335 e. The predicted molar refractivity (Wildman–Crippen MR) is 111 cm³/mol. The highest BCUT2D eigenvalue weighted by Crippen LogP contribution is 2.17. The van der Waals surface area contributed by atoms with Gasteiger partial charge in [-0.15, -0.1) is 10.2 Å². The number of carbonyl (C=O) groups is 3. The maximum Gasteiger partial charge on any atom is 0.335 e. The Bertz CT molecular complexity index is 1120. The van der Waals surface area contributed by atoms with Crippen LogP contribution < -0.4 is 10.6 Å². The first-order valence-electron chi connectivity index (χ1n) is 9.02. The molecule has 1 heterocycles. The number of anilines is 1. The molecule has 0 spiro atoms. The van der Waals surface area contributed by atoms with Gasteiger partial charge in [0, 0.05) is 12.7 Å². The van der Waals surface area contributed by atoms with Crippen molar-refractivity contribution in [1.29, 1.82) is 0 Å². The Kier molecular flexibility index (Phi) is 6.98. The molecule has 31 heavy (non-hydrogen) atoms. The lowest BCUT2D eigenvalue weighted by Gasteiger charge is -2.07. The molecule has 0 aliphatic rings. The Morgan fingerprint density at radius 2 is 1.81 bits per heavy atom. The first kappa shape index (κ1) is 22.0. The number of benzene rings is 2. The highest BCUT2D eigenvalue weighted by molar-refractivity contribution is 7.99. The van der Waals surface area contributed by atoms with Crippen LogP contribution in [0.25, 0.3) is 0 Å². The van der Waals surface area contributed by atoms with Crippen molar-refractivity contribution in [2.45, 2.75) is 11.7 Å². The predicted octanol–water partition coefficient (Wildman–Crippen LogP) is 2.31. The monoisotopic (exact) mass is 443 g/mol. The number of hydrogen-bond acceptors (Lipinski definition) is 6. The van der Waals surface area contributed by atoms with Gasteiger partial charge in [0.05, 0.1) is 23.4 Å². The second kappa shape index (κ2) is 9.85. The minimum Gasteiger partial charge on any atom is -0.478 e. The third-order valence-corrected chi connectivity index (χ3v) is 5.22. The second-order valence-electron chi connectivity index (χ2n) is 6.34. The minimum atomic E-state index is -1.04. The van der Waals surface area contributed by atoms with Gasteiger partial charge in [0.1, 0.15) is 5.82 Å². The van der Waals surface area contributed by atoms with Crippen LogP contribution in [-0.2, 0) is 18.4 Å². The maximum absolute atomic E-state index is 13.7. The topological polar surface area (TPSA) is 126 Å². The van der Waals surface area contributed by atoms with Crippen LogP contribution in [-0.4, -0.2) is 43.4 Å². The summed E-state index contributed by atoms with van der Waals surface area (Å²) in [7, 11) is 1.69. The van der Waals surface area contributed by atoms with Crippen molar-refractivity contribution in [3.05, 3.63) is 71.3 Å². The van der Waals surface area contributed by atoms with Gasteiger partial charge in [-0.1, -0.05) is 23.9 Å². The number of aromatic carboxylic acids is 1. The number of carboxylic acid groups (broad SMARTS) is 1. The summed E-state index contributed by atoms with van der Waals surface area (Å²) in [5.74, 6) is -2.03. The van der Waals surface area contributed by atoms with E-state index >= 15 is 0 Å². The average molecular weight is 443 g/mol. The Balaban J connectivity index is 1.51. The number of nitrogens with one attached hydrogen (secondary N) is 2. The third-order valence-electron chi connectivity index (χ3n) is 4.20. The van der Waals surface area contributed by atoms with E-state index in [2.05, 4.69) is 20.8 Å². The molecule has 9 nitrogen and oxygen atoms in total. The molecule has 160 valence electrons. The normalized spacial score (nSPS) is 10.5. The maximum atomic E-state index is 13.7. The van der Waals surface area contributed by atoms with Crippen LogP contribution in [0.2, 0.25) is 0 Å². The second-order valence-corrected chi connectivity index (χ2v) is 7.28. The van der Waals surface area contributed by atoms with Gasteiger partial charge in [0.25, 0.3) is 5.91 Å². The number of carbonyl (C=O) groups excluding carboxylic acids is 2. The highest BCUT2D eigenvalue weighted by Gasteiger charge is 2.15. The zero-order valence-electron chi connectivity index (χ0n) is 16.3. The van der Waals surface area contributed by atoms with Gasteiger partial charge in [-0.3, -0.25) is 9.59 Å². The fourth-order valence-corrected chi connectivity index (χ4v) is 3.28. The molecule has 11 heteroatoms. The fourth-order valence-electron chi connectivity index (χ4n) is 2.55. The van der Waals surface area contributed by atoms with Gasteiger partial charge < -0.3 is 20.3 Å². The van der Waals surface area contributed by atoms with E-state index in [9.17, 15) is 18.8 Å². The quantitative estimate of drug-likeness (QED) is 0.456. The van der Waals surface area contributed by atoms with Crippen LogP contribution >= 0.6 is 11.8 Å². The van der Waals surface area contributed by atoms with E-state index in [1.54, 1.807) is 17.7 Å². The number of carboxylic acids is 1. The summed E-state index contributed by atoms with van der Waals surface area (Å²) in [5.41, 5.74) is 0.540. The standard InChI is InChI=1S/C20H18FN5O4S/c1-26-16(10-22-18(28)14-4-2-3-5-15(14)21)24-25-20(26)31-11-17(27)23-13-8-6-12(7-9-13)19(29)30/h2-9H,10-11H2,1H3,(H,22,28)(H,23,27)(H,29,30). The van der Waals surface area contributed by atoms with Crippen LogP contribution in [0.5, 0.6) is 0 Å². The van der Waals surface area contributed by atoms with E-state index in [4.69, 9.17) is 5.11 Å². The molecule has 3 aromatic rings. The minimum absolute atomic E-state index is 0.0410. The van der Waals surface area contributed by atoms with Gasteiger partial charge in [-0.05, 0) is 36.4 Å². The molecule has 0 unspecified atom stereocenters. The van der Waals surface area contributed by atoms with Crippen molar-refractivity contribution in [3.63, 3.8) is 0 Å². The average Bonchev–Trinajstić information content (AvgIpc) is 3.10. The third kappa shape index (κ3) is 5.66. The van der Waals surface area contributed by atoms with Crippen molar-refractivity contribution < 1.29 is 23.9 Å². The van der Waals surface area contributed by atoms with Gasteiger partial charge in [0.15, 0.2) is 11.0 Å². The van der Waals surface area contributed by atoms with Gasteiger partial charge >= 0.3 is 5.97 Å². The number of thioether (sulfide) groups is 1. The van der Waals surface area contributed by atoms with Crippen molar-refractivity contribution in [2.75, 3.05) is 11.1 Å². The summed E-state index contributed by atoms with van der Waals surface area (Å²) in [4.78, 5) is 35.1. The molecule has 0 aliphatic carbocycles. The number of amides is 2. The van der Waals surface area contributed by atoms with Gasteiger partial charge in [0.2, 0.25) is 5.91 Å². The number of aromatic nitrogens is 3. The van der Waals surface area contributed by atoms with E-state index in [0.29, 0.717) is 16.7 Å². The Morgan fingerprint density at radius 3 is 2.48 bits per heavy atom. The van der Waals surface area contributed by atoms with E-state index in [-0.39, 0.29) is 29.3 Å². The largest absolute Gasteiger partial charge is 0.478 e. The molecule has 0 radical (unpaired) electrons. The van der Waals surface area contributed by atoms with Crippen LogP contribution in [0.15, 0.2) is 53.7 Å². The molecule has 0 fully saturated rings. The number of halogens is 1. The molecular weight excluding hydrogens is 425 g/mol. The van der Waals surface area contributed by atoms with Crippen molar-refractivity contribution in [3.8, 4) is 0 Å². The summed E-state index contributed by atoms with van der Waals surface area (Å²) in [5, 5.41) is 22.6. The lowest BCUT2D eigenvalue weighted by atomic mass is 10.2. The summed E-state index contributed by atoms with van der Waals surface area (Å²) >= 11 is 1.15. The molecular formula is C20H18FN5O4S. The van der Waals surface area contributed by atoms with Crippen LogP contribution in [0.3, 0.4) is 0 Å². The Hall–Kier alpha value is -3.73. The fraction of sp³-hybridized carbons (Fsp3) is 0.150. The highest BCUT2D eigenvalue weighted by atomic mass is 32.2. The van der Waals surface area contributed by atoms with Crippen LogP contribution in [0, 0.1) is 5.82 Å². The SMILES string of the molecule is Cn1c(CNC(=O)c2ccccc2F)nnc1SCC(=O)Nc1ccc(C(=O)O)cc1. The molecule has 1 aromatic heterocycles. The van der Waals surface area contributed by atoms with Gasteiger partial charge in [-0.25, -0.2) is 9.18 Å². The number of nitrogens with zero attached hydrogens (tertiary/aromatic N) is 3. The van der Waals surface area contributed by atoms with E-state index < -0.39 is 17.7 Å². The summed E-state index contributed by atoms with van der Waals surface area (Å²) in [6.45, 7) is 0.0410.